The minimum Gasteiger partial charge on any atom is -0.300 e. The van der Waals surface area contributed by atoms with Gasteiger partial charge in [-0.25, -0.2) is 8.42 Å². The zero-order valence-corrected chi connectivity index (χ0v) is 17.4. The van der Waals surface area contributed by atoms with Gasteiger partial charge in [-0.05, 0) is 51.4 Å². The fourth-order valence-corrected chi connectivity index (χ4v) is 6.28. The van der Waals surface area contributed by atoms with Gasteiger partial charge in [0, 0.05) is 36.8 Å². The van der Waals surface area contributed by atoms with Gasteiger partial charge in [0.2, 0.25) is 0 Å². The quantitative estimate of drug-likeness (QED) is 0.753. The molecule has 2 aromatic rings. The standard InChI is InChI=1S/C18H28N4O2S2/c1-4-17-6-7-18(25-17)26(23,24)21-9-5-8-20(10-12-21)11-13-22-16(3)14-15(2)19-22/h6-7,14H,4-5,8-13H2,1-3H3. The predicted octanol–water partition coefficient (Wildman–Crippen LogP) is 2.52. The highest BCUT2D eigenvalue weighted by Gasteiger charge is 2.28. The van der Waals surface area contributed by atoms with Crippen molar-refractivity contribution >= 4 is 21.4 Å². The summed E-state index contributed by atoms with van der Waals surface area (Å²) in [6.07, 6.45) is 1.74. The summed E-state index contributed by atoms with van der Waals surface area (Å²) in [6, 6.07) is 5.77. The van der Waals surface area contributed by atoms with Crippen molar-refractivity contribution in [2.24, 2.45) is 0 Å². The number of aromatic nitrogens is 2. The first-order chi connectivity index (χ1) is 12.4. The van der Waals surface area contributed by atoms with E-state index < -0.39 is 10.0 Å². The molecular formula is C18H28N4O2S2. The topological polar surface area (TPSA) is 58.4 Å². The molecule has 0 atom stereocenters. The van der Waals surface area contributed by atoms with Crippen LogP contribution < -0.4 is 0 Å². The van der Waals surface area contributed by atoms with Gasteiger partial charge in [0.1, 0.15) is 4.21 Å². The molecule has 0 bridgehead atoms. The number of aryl methyl sites for hydroxylation is 3. The van der Waals surface area contributed by atoms with E-state index in [1.807, 2.05) is 17.7 Å². The zero-order valence-electron chi connectivity index (χ0n) is 15.8. The second-order valence-electron chi connectivity index (χ2n) is 6.82. The molecule has 144 valence electrons. The number of hydrogen-bond donors (Lipinski definition) is 0. The molecule has 0 saturated carbocycles. The summed E-state index contributed by atoms with van der Waals surface area (Å²) in [5.74, 6) is 0. The van der Waals surface area contributed by atoms with Crippen LogP contribution in [0.3, 0.4) is 0 Å². The second kappa shape index (κ2) is 8.21. The van der Waals surface area contributed by atoms with Crippen LogP contribution in [0.15, 0.2) is 22.4 Å². The van der Waals surface area contributed by atoms with Gasteiger partial charge in [0.15, 0.2) is 0 Å². The fourth-order valence-electron chi connectivity index (χ4n) is 3.36. The van der Waals surface area contributed by atoms with E-state index in [0.717, 1.165) is 49.6 Å². The van der Waals surface area contributed by atoms with Crippen LogP contribution in [0.2, 0.25) is 0 Å². The van der Waals surface area contributed by atoms with E-state index in [9.17, 15) is 8.42 Å². The summed E-state index contributed by atoms with van der Waals surface area (Å²) in [5, 5.41) is 4.51. The molecule has 6 nitrogen and oxygen atoms in total. The van der Waals surface area contributed by atoms with Gasteiger partial charge >= 0.3 is 0 Å². The van der Waals surface area contributed by atoms with Gasteiger partial charge < -0.3 is 4.90 Å². The number of hydrogen-bond acceptors (Lipinski definition) is 5. The molecule has 8 heteroatoms. The number of thiophene rings is 1. The summed E-state index contributed by atoms with van der Waals surface area (Å²) < 4.78 is 30.0. The van der Waals surface area contributed by atoms with Crippen LogP contribution in [0.1, 0.15) is 29.6 Å². The summed E-state index contributed by atoms with van der Waals surface area (Å²) in [6.45, 7) is 10.7. The highest BCUT2D eigenvalue weighted by atomic mass is 32.2. The molecule has 0 aliphatic carbocycles. The van der Waals surface area contributed by atoms with E-state index in [4.69, 9.17) is 0 Å². The second-order valence-corrected chi connectivity index (χ2v) is 10.2. The largest absolute Gasteiger partial charge is 0.300 e. The Morgan fingerprint density at radius 3 is 2.58 bits per heavy atom. The van der Waals surface area contributed by atoms with Crippen molar-refractivity contribution < 1.29 is 8.42 Å². The SMILES string of the molecule is CCc1ccc(S(=O)(=O)N2CCCN(CCn3nc(C)cc3C)CC2)s1. The molecule has 3 rings (SSSR count). The summed E-state index contributed by atoms with van der Waals surface area (Å²) in [5.41, 5.74) is 2.21. The minimum absolute atomic E-state index is 0.477. The van der Waals surface area contributed by atoms with E-state index in [1.54, 1.807) is 10.4 Å². The predicted molar refractivity (Wildman–Crippen MR) is 105 cm³/mol. The Bertz CT molecular complexity index is 841. The van der Waals surface area contributed by atoms with Gasteiger partial charge in [-0.15, -0.1) is 11.3 Å². The van der Waals surface area contributed by atoms with Gasteiger partial charge in [0.25, 0.3) is 10.0 Å². The van der Waals surface area contributed by atoms with Crippen LogP contribution in [0, 0.1) is 13.8 Å². The first-order valence-electron chi connectivity index (χ1n) is 9.22. The summed E-state index contributed by atoms with van der Waals surface area (Å²) in [7, 11) is -3.36. The van der Waals surface area contributed by atoms with Crippen LogP contribution >= 0.6 is 11.3 Å². The van der Waals surface area contributed by atoms with Crippen molar-refractivity contribution in [3.63, 3.8) is 0 Å². The average Bonchev–Trinajstić information content (AvgIpc) is 3.13. The molecular weight excluding hydrogens is 368 g/mol. The molecule has 1 fully saturated rings. The molecule has 1 aliphatic rings. The lowest BCUT2D eigenvalue weighted by molar-refractivity contribution is 0.269. The summed E-state index contributed by atoms with van der Waals surface area (Å²) in [4.78, 5) is 3.46. The molecule has 0 unspecified atom stereocenters. The Balaban J connectivity index is 1.60. The Morgan fingerprint density at radius 1 is 1.12 bits per heavy atom. The van der Waals surface area contributed by atoms with Crippen LogP contribution in [-0.4, -0.2) is 60.1 Å². The van der Waals surface area contributed by atoms with Crippen LogP contribution in [-0.2, 0) is 23.0 Å². The minimum atomic E-state index is -3.36. The molecule has 0 spiro atoms. The van der Waals surface area contributed by atoms with Crippen molar-refractivity contribution in [3.05, 3.63) is 34.5 Å². The van der Waals surface area contributed by atoms with Crippen LogP contribution in [0.25, 0.3) is 0 Å². The molecule has 1 saturated heterocycles. The third-order valence-corrected chi connectivity index (χ3v) is 8.45. The third kappa shape index (κ3) is 4.36. The molecule has 0 aromatic carbocycles. The molecule has 3 heterocycles. The first-order valence-corrected chi connectivity index (χ1v) is 11.5. The number of rotatable bonds is 6. The van der Waals surface area contributed by atoms with Crippen LogP contribution in [0.5, 0.6) is 0 Å². The fraction of sp³-hybridized carbons (Fsp3) is 0.611. The Hall–Kier alpha value is -1.22. The van der Waals surface area contributed by atoms with Crippen molar-refractivity contribution in [2.75, 3.05) is 32.7 Å². The summed E-state index contributed by atoms with van der Waals surface area (Å²) >= 11 is 1.40. The van der Waals surface area contributed by atoms with Gasteiger partial charge in [-0.3, -0.25) is 4.68 Å². The Morgan fingerprint density at radius 2 is 1.92 bits per heavy atom. The Kier molecular flexibility index (Phi) is 6.17. The highest BCUT2D eigenvalue weighted by Crippen LogP contribution is 2.26. The van der Waals surface area contributed by atoms with E-state index in [2.05, 4.69) is 29.9 Å². The zero-order chi connectivity index (χ0) is 18.7. The maximum absolute atomic E-state index is 12.9. The normalized spacial score (nSPS) is 17.5. The monoisotopic (exact) mass is 396 g/mol. The van der Waals surface area contributed by atoms with Crippen molar-refractivity contribution in [1.82, 2.24) is 19.0 Å². The smallest absolute Gasteiger partial charge is 0.252 e. The van der Waals surface area contributed by atoms with Crippen LogP contribution in [0.4, 0.5) is 0 Å². The molecule has 0 amide bonds. The van der Waals surface area contributed by atoms with Gasteiger partial charge in [-0.1, -0.05) is 6.92 Å². The maximum atomic E-state index is 12.9. The molecule has 0 radical (unpaired) electrons. The average molecular weight is 397 g/mol. The molecule has 0 N–H and O–H groups in total. The Labute approximate surface area is 160 Å². The lowest BCUT2D eigenvalue weighted by atomic mass is 10.4. The van der Waals surface area contributed by atoms with E-state index in [-0.39, 0.29) is 0 Å². The van der Waals surface area contributed by atoms with E-state index in [1.165, 1.54) is 17.0 Å². The number of sulfonamides is 1. The van der Waals surface area contributed by atoms with Gasteiger partial charge in [0.05, 0.1) is 12.2 Å². The molecule has 26 heavy (non-hydrogen) atoms. The van der Waals surface area contributed by atoms with E-state index in [0.29, 0.717) is 17.3 Å². The molecule has 1 aliphatic heterocycles. The lowest BCUT2D eigenvalue weighted by Gasteiger charge is -2.21. The lowest BCUT2D eigenvalue weighted by Crippen LogP contribution is -2.35. The maximum Gasteiger partial charge on any atom is 0.252 e. The van der Waals surface area contributed by atoms with Gasteiger partial charge in [-0.2, -0.15) is 9.40 Å². The first kappa shape index (κ1) is 19.5. The van der Waals surface area contributed by atoms with Crippen molar-refractivity contribution in [1.29, 1.82) is 0 Å². The number of nitrogens with zero attached hydrogens (tertiary/aromatic N) is 4. The third-order valence-electron chi connectivity index (χ3n) is 4.86. The highest BCUT2D eigenvalue weighted by molar-refractivity contribution is 7.91. The molecule has 2 aromatic heterocycles. The van der Waals surface area contributed by atoms with E-state index >= 15 is 0 Å². The van der Waals surface area contributed by atoms with Crippen molar-refractivity contribution in [2.45, 2.75) is 44.4 Å². The van der Waals surface area contributed by atoms with Crippen molar-refractivity contribution in [3.8, 4) is 0 Å².